The average molecular weight is 329 g/mol. The fourth-order valence-corrected chi connectivity index (χ4v) is 3.09. The van der Waals surface area contributed by atoms with Gasteiger partial charge in [-0.3, -0.25) is 4.79 Å². The van der Waals surface area contributed by atoms with Crippen LogP contribution in [0, 0.1) is 0 Å². The lowest BCUT2D eigenvalue weighted by molar-refractivity contribution is -0.118. The Hall–Kier alpha value is -1.94. The molecule has 1 aromatic heterocycles. The summed E-state index contributed by atoms with van der Waals surface area (Å²) >= 11 is 3.48. The number of nitrogens with one attached hydrogen (secondary N) is 1. The molecule has 0 amide bonds. The molecular formula is C16H13BrN2O. The number of allylic oxidation sites excluding steroid dienone is 5. The Morgan fingerprint density at radius 2 is 2.25 bits per heavy atom. The van der Waals surface area contributed by atoms with E-state index < -0.39 is 5.41 Å². The zero-order chi connectivity index (χ0) is 14.2. The number of carbonyl (C=O) groups excluding carboxylic acids is 1. The van der Waals surface area contributed by atoms with Gasteiger partial charge in [0, 0.05) is 6.42 Å². The molecule has 3 rings (SSSR count). The third-order valence-electron chi connectivity index (χ3n) is 3.54. The van der Waals surface area contributed by atoms with Crippen molar-refractivity contribution in [2.75, 3.05) is 0 Å². The fourth-order valence-electron chi connectivity index (χ4n) is 2.50. The summed E-state index contributed by atoms with van der Waals surface area (Å²) in [6, 6.07) is 7.76. The number of fused-ring (bicyclic) bond motifs is 1. The van der Waals surface area contributed by atoms with Crippen LogP contribution in [-0.2, 0) is 10.2 Å². The highest BCUT2D eigenvalue weighted by atomic mass is 79.9. The number of imidazole rings is 1. The molecule has 0 fully saturated rings. The second-order valence-electron chi connectivity index (χ2n) is 4.79. The third-order valence-corrected chi connectivity index (χ3v) is 4.09. The first-order chi connectivity index (χ1) is 9.65. The summed E-state index contributed by atoms with van der Waals surface area (Å²) in [5.41, 5.74) is 0.990. The number of hydrogen-bond donors (Lipinski definition) is 1. The van der Waals surface area contributed by atoms with Crippen molar-refractivity contribution in [2.24, 2.45) is 0 Å². The van der Waals surface area contributed by atoms with Gasteiger partial charge in [-0.1, -0.05) is 52.9 Å². The van der Waals surface area contributed by atoms with E-state index in [0.29, 0.717) is 12.2 Å². The molecular weight excluding hydrogens is 316 g/mol. The van der Waals surface area contributed by atoms with Gasteiger partial charge in [-0.25, -0.2) is 4.98 Å². The van der Waals surface area contributed by atoms with E-state index in [4.69, 9.17) is 0 Å². The average Bonchev–Trinajstić information content (AvgIpc) is 2.90. The van der Waals surface area contributed by atoms with Crippen molar-refractivity contribution in [2.45, 2.75) is 11.8 Å². The topological polar surface area (TPSA) is 45.8 Å². The summed E-state index contributed by atoms with van der Waals surface area (Å²) in [6.45, 7) is 3.63. The maximum atomic E-state index is 12.4. The number of nitrogens with zero attached hydrogens (tertiary/aromatic N) is 1. The van der Waals surface area contributed by atoms with Crippen LogP contribution in [0.15, 0.2) is 59.6 Å². The number of carbonyl (C=O) groups is 1. The van der Waals surface area contributed by atoms with Crippen LogP contribution in [0.1, 0.15) is 12.2 Å². The SMILES string of the molecule is C=CC(=O)C1(c2nc3ccccc3[nH]2)C=CC=C(Br)C1. The van der Waals surface area contributed by atoms with Gasteiger partial charge < -0.3 is 4.98 Å². The first-order valence-electron chi connectivity index (χ1n) is 6.32. The van der Waals surface area contributed by atoms with E-state index in [1.165, 1.54) is 6.08 Å². The molecule has 0 spiro atoms. The van der Waals surface area contributed by atoms with E-state index in [2.05, 4.69) is 32.5 Å². The molecule has 1 aliphatic carbocycles. The lowest BCUT2D eigenvalue weighted by Crippen LogP contribution is -2.35. The predicted octanol–water partition coefficient (Wildman–Crippen LogP) is 3.79. The fraction of sp³-hybridized carbons (Fsp3) is 0.125. The number of hydrogen-bond acceptors (Lipinski definition) is 2. The summed E-state index contributed by atoms with van der Waals surface area (Å²) in [5, 5.41) is 0. The second kappa shape index (κ2) is 4.87. The van der Waals surface area contributed by atoms with Gasteiger partial charge in [0.2, 0.25) is 0 Å². The van der Waals surface area contributed by atoms with Gasteiger partial charge in [0.15, 0.2) is 5.78 Å². The molecule has 0 radical (unpaired) electrons. The number of benzene rings is 1. The van der Waals surface area contributed by atoms with Crippen molar-refractivity contribution in [3.8, 4) is 0 Å². The Labute approximate surface area is 125 Å². The predicted molar refractivity (Wildman–Crippen MR) is 83.7 cm³/mol. The minimum Gasteiger partial charge on any atom is -0.341 e. The molecule has 3 nitrogen and oxygen atoms in total. The van der Waals surface area contributed by atoms with Crippen molar-refractivity contribution >= 4 is 32.7 Å². The molecule has 1 aromatic carbocycles. The van der Waals surface area contributed by atoms with Crippen LogP contribution >= 0.6 is 15.9 Å². The van der Waals surface area contributed by atoms with E-state index in [-0.39, 0.29) is 5.78 Å². The summed E-state index contributed by atoms with van der Waals surface area (Å²) in [7, 11) is 0. The maximum absolute atomic E-state index is 12.4. The molecule has 2 aromatic rings. The second-order valence-corrected chi connectivity index (χ2v) is 5.81. The Bertz CT molecular complexity index is 724. The Morgan fingerprint density at radius 1 is 1.45 bits per heavy atom. The number of rotatable bonds is 3. The molecule has 0 bridgehead atoms. The van der Waals surface area contributed by atoms with Gasteiger partial charge in [0.25, 0.3) is 0 Å². The van der Waals surface area contributed by atoms with Gasteiger partial charge in [-0.15, -0.1) is 0 Å². The summed E-state index contributed by atoms with van der Waals surface area (Å²) in [6.07, 6.45) is 7.62. The zero-order valence-corrected chi connectivity index (χ0v) is 12.4. The van der Waals surface area contributed by atoms with E-state index >= 15 is 0 Å². The van der Waals surface area contributed by atoms with Crippen molar-refractivity contribution in [3.63, 3.8) is 0 Å². The van der Waals surface area contributed by atoms with Crippen LogP contribution in [0.2, 0.25) is 0 Å². The summed E-state index contributed by atoms with van der Waals surface area (Å²) in [4.78, 5) is 20.3. The molecule has 0 aliphatic heterocycles. The molecule has 0 saturated carbocycles. The van der Waals surface area contributed by atoms with Gasteiger partial charge >= 0.3 is 0 Å². The monoisotopic (exact) mass is 328 g/mol. The van der Waals surface area contributed by atoms with Crippen molar-refractivity contribution in [1.82, 2.24) is 9.97 Å². The lowest BCUT2D eigenvalue weighted by atomic mass is 9.77. The highest BCUT2D eigenvalue weighted by Crippen LogP contribution is 2.38. The zero-order valence-electron chi connectivity index (χ0n) is 10.8. The van der Waals surface area contributed by atoms with Crippen LogP contribution in [-0.4, -0.2) is 15.8 Å². The van der Waals surface area contributed by atoms with Crippen molar-refractivity contribution in [1.29, 1.82) is 0 Å². The molecule has 20 heavy (non-hydrogen) atoms. The summed E-state index contributed by atoms with van der Waals surface area (Å²) in [5.74, 6) is 0.600. The number of H-pyrrole nitrogens is 1. The van der Waals surface area contributed by atoms with Crippen LogP contribution in [0.3, 0.4) is 0 Å². The normalized spacial score (nSPS) is 21.8. The number of halogens is 1. The summed E-state index contributed by atoms with van der Waals surface area (Å²) < 4.78 is 0.968. The molecule has 0 saturated heterocycles. The van der Waals surface area contributed by atoms with E-state index in [9.17, 15) is 4.79 Å². The highest BCUT2D eigenvalue weighted by molar-refractivity contribution is 9.11. The highest BCUT2D eigenvalue weighted by Gasteiger charge is 2.40. The minimum absolute atomic E-state index is 0.0575. The van der Waals surface area contributed by atoms with Crippen molar-refractivity contribution < 1.29 is 4.79 Å². The van der Waals surface area contributed by atoms with E-state index in [1.807, 2.05) is 42.5 Å². The van der Waals surface area contributed by atoms with Gasteiger partial charge in [-0.05, 0) is 22.7 Å². The molecule has 1 atom stereocenters. The standard InChI is InChI=1S/C16H13BrN2O/c1-2-14(20)16(9-5-6-11(17)10-16)15-18-12-7-3-4-8-13(12)19-15/h2-9H,1,10H2,(H,18,19). The quantitative estimate of drug-likeness (QED) is 0.871. The largest absolute Gasteiger partial charge is 0.341 e. The Kier molecular flexibility index (Phi) is 3.18. The van der Waals surface area contributed by atoms with E-state index in [1.54, 1.807) is 0 Å². The van der Waals surface area contributed by atoms with Gasteiger partial charge in [0.05, 0.1) is 11.0 Å². The Balaban J connectivity index is 2.19. The van der Waals surface area contributed by atoms with Gasteiger partial charge in [-0.2, -0.15) is 0 Å². The third kappa shape index (κ3) is 1.96. The van der Waals surface area contributed by atoms with E-state index in [0.717, 1.165) is 15.5 Å². The van der Waals surface area contributed by atoms with Crippen LogP contribution in [0.25, 0.3) is 11.0 Å². The van der Waals surface area contributed by atoms with Crippen LogP contribution in [0.4, 0.5) is 0 Å². The molecule has 1 heterocycles. The van der Waals surface area contributed by atoms with Crippen molar-refractivity contribution in [3.05, 3.63) is 65.5 Å². The minimum atomic E-state index is -0.797. The molecule has 1 N–H and O–H groups in total. The lowest BCUT2D eigenvalue weighted by Gasteiger charge is -2.27. The Morgan fingerprint density at radius 3 is 2.95 bits per heavy atom. The molecule has 1 unspecified atom stereocenters. The number of aromatic amines is 1. The number of aromatic nitrogens is 2. The molecule has 4 heteroatoms. The smallest absolute Gasteiger partial charge is 0.172 e. The number of para-hydroxylation sites is 2. The molecule has 100 valence electrons. The number of ketones is 1. The van der Waals surface area contributed by atoms with Crippen LogP contribution < -0.4 is 0 Å². The maximum Gasteiger partial charge on any atom is 0.172 e. The van der Waals surface area contributed by atoms with Gasteiger partial charge in [0.1, 0.15) is 11.2 Å². The molecule has 1 aliphatic rings. The first kappa shape index (κ1) is 13.1. The van der Waals surface area contributed by atoms with Crippen LogP contribution in [0.5, 0.6) is 0 Å². The first-order valence-corrected chi connectivity index (χ1v) is 7.11.